The molecule has 13 heavy (non-hydrogen) atoms. The molecule has 0 amide bonds. The SMILES string of the molecule is CSc1ncc2ncnc(C)c2n1. The molecule has 0 bridgehead atoms. The lowest BCUT2D eigenvalue weighted by Gasteiger charge is -1.99. The summed E-state index contributed by atoms with van der Waals surface area (Å²) in [5.41, 5.74) is 2.52. The van der Waals surface area contributed by atoms with Crippen molar-refractivity contribution in [3.8, 4) is 0 Å². The lowest BCUT2D eigenvalue weighted by Crippen LogP contribution is -1.93. The van der Waals surface area contributed by atoms with Gasteiger partial charge >= 0.3 is 0 Å². The van der Waals surface area contributed by atoms with Gasteiger partial charge in [0.2, 0.25) is 0 Å². The highest BCUT2D eigenvalue weighted by molar-refractivity contribution is 7.98. The predicted molar refractivity (Wildman–Crippen MR) is 51.6 cm³/mol. The van der Waals surface area contributed by atoms with Gasteiger partial charge in [-0.05, 0) is 13.2 Å². The first-order valence-electron chi connectivity index (χ1n) is 3.79. The molecule has 0 aliphatic rings. The quantitative estimate of drug-likeness (QED) is 0.505. The molecule has 0 spiro atoms. The van der Waals surface area contributed by atoms with Gasteiger partial charge in [0, 0.05) is 0 Å². The average molecular weight is 192 g/mol. The van der Waals surface area contributed by atoms with Gasteiger partial charge in [0.15, 0.2) is 5.16 Å². The van der Waals surface area contributed by atoms with Crippen molar-refractivity contribution in [2.45, 2.75) is 12.1 Å². The number of rotatable bonds is 1. The van der Waals surface area contributed by atoms with E-state index < -0.39 is 0 Å². The average Bonchev–Trinajstić information content (AvgIpc) is 2.18. The Morgan fingerprint density at radius 2 is 2.08 bits per heavy atom. The van der Waals surface area contributed by atoms with Gasteiger partial charge in [-0.2, -0.15) is 0 Å². The van der Waals surface area contributed by atoms with Crippen LogP contribution in [0.1, 0.15) is 5.69 Å². The molecule has 66 valence electrons. The molecule has 0 aromatic carbocycles. The Labute approximate surface area is 79.8 Å². The maximum Gasteiger partial charge on any atom is 0.187 e. The van der Waals surface area contributed by atoms with Crippen molar-refractivity contribution in [2.75, 3.05) is 6.26 Å². The first-order valence-corrected chi connectivity index (χ1v) is 5.02. The molecule has 0 saturated heterocycles. The van der Waals surface area contributed by atoms with E-state index in [0.717, 1.165) is 21.9 Å². The van der Waals surface area contributed by atoms with Crippen molar-refractivity contribution in [1.29, 1.82) is 0 Å². The Hall–Kier alpha value is -1.23. The van der Waals surface area contributed by atoms with E-state index in [1.807, 2.05) is 13.2 Å². The van der Waals surface area contributed by atoms with E-state index in [9.17, 15) is 0 Å². The third-order valence-corrected chi connectivity index (χ3v) is 2.28. The second-order valence-electron chi connectivity index (χ2n) is 2.55. The van der Waals surface area contributed by atoms with Gasteiger partial charge in [-0.3, -0.25) is 0 Å². The Bertz CT molecular complexity index is 443. The van der Waals surface area contributed by atoms with Crippen LogP contribution in [0.3, 0.4) is 0 Å². The number of hydrogen-bond donors (Lipinski definition) is 0. The molecule has 0 N–H and O–H groups in total. The molecule has 2 rings (SSSR count). The van der Waals surface area contributed by atoms with Crippen molar-refractivity contribution in [1.82, 2.24) is 19.9 Å². The summed E-state index contributed by atoms with van der Waals surface area (Å²) in [6.45, 7) is 1.92. The van der Waals surface area contributed by atoms with Gasteiger partial charge in [-0.1, -0.05) is 11.8 Å². The van der Waals surface area contributed by atoms with Crippen LogP contribution in [0.25, 0.3) is 11.0 Å². The van der Waals surface area contributed by atoms with Crippen LogP contribution >= 0.6 is 11.8 Å². The minimum absolute atomic E-state index is 0.755. The first-order chi connectivity index (χ1) is 6.31. The highest BCUT2D eigenvalue weighted by atomic mass is 32.2. The van der Waals surface area contributed by atoms with Crippen molar-refractivity contribution < 1.29 is 0 Å². The monoisotopic (exact) mass is 192 g/mol. The van der Waals surface area contributed by atoms with Crippen LogP contribution in [0.4, 0.5) is 0 Å². The summed E-state index contributed by atoms with van der Waals surface area (Å²) in [5, 5.41) is 0.755. The molecule has 0 atom stereocenters. The summed E-state index contributed by atoms with van der Waals surface area (Å²) in [5.74, 6) is 0. The highest BCUT2D eigenvalue weighted by Crippen LogP contribution is 2.14. The van der Waals surface area contributed by atoms with Crippen molar-refractivity contribution in [3.63, 3.8) is 0 Å². The summed E-state index contributed by atoms with van der Waals surface area (Å²) in [6, 6.07) is 0. The maximum absolute atomic E-state index is 4.32. The summed E-state index contributed by atoms with van der Waals surface area (Å²) < 4.78 is 0. The summed E-state index contributed by atoms with van der Waals surface area (Å²) in [7, 11) is 0. The molecule has 2 heterocycles. The zero-order chi connectivity index (χ0) is 9.26. The number of aromatic nitrogens is 4. The van der Waals surface area contributed by atoms with Crippen molar-refractivity contribution in [3.05, 3.63) is 18.2 Å². The van der Waals surface area contributed by atoms with Crippen molar-refractivity contribution in [2.24, 2.45) is 0 Å². The Morgan fingerprint density at radius 3 is 2.85 bits per heavy atom. The lowest BCUT2D eigenvalue weighted by molar-refractivity contribution is 0.981. The molecule has 5 heteroatoms. The zero-order valence-electron chi connectivity index (χ0n) is 7.35. The molecule has 4 nitrogen and oxygen atoms in total. The summed E-state index contributed by atoms with van der Waals surface area (Å²) in [6.07, 6.45) is 5.20. The Morgan fingerprint density at radius 1 is 1.23 bits per heavy atom. The van der Waals surface area contributed by atoms with E-state index in [-0.39, 0.29) is 0 Å². The van der Waals surface area contributed by atoms with E-state index in [0.29, 0.717) is 0 Å². The predicted octanol–water partition coefficient (Wildman–Crippen LogP) is 1.45. The number of hydrogen-bond acceptors (Lipinski definition) is 5. The molecule has 0 aliphatic heterocycles. The highest BCUT2D eigenvalue weighted by Gasteiger charge is 2.02. The van der Waals surface area contributed by atoms with E-state index in [4.69, 9.17) is 0 Å². The minimum Gasteiger partial charge on any atom is -0.239 e. The van der Waals surface area contributed by atoms with Crippen LogP contribution in [0.2, 0.25) is 0 Å². The van der Waals surface area contributed by atoms with Gasteiger partial charge in [-0.25, -0.2) is 19.9 Å². The van der Waals surface area contributed by atoms with E-state index >= 15 is 0 Å². The molecule has 0 radical (unpaired) electrons. The lowest BCUT2D eigenvalue weighted by atomic mass is 10.3. The van der Waals surface area contributed by atoms with Gasteiger partial charge in [-0.15, -0.1) is 0 Å². The summed E-state index contributed by atoms with van der Waals surface area (Å²) >= 11 is 1.51. The fourth-order valence-electron chi connectivity index (χ4n) is 1.06. The molecule has 0 saturated carbocycles. The molecular formula is C8H8N4S. The molecule has 2 aromatic rings. The van der Waals surface area contributed by atoms with Gasteiger partial charge in [0.1, 0.15) is 17.4 Å². The number of fused-ring (bicyclic) bond motifs is 1. The van der Waals surface area contributed by atoms with Gasteiger partial charge in [0.05, 0.1) is 11.9 Å². The van der Waals surface area contributed by atoms with E-state index in [2.05, 4.69) is 19.9 Å². The minimum atomic E-state index is 0.755. The normalized spacial score (nSPS) is 10.6. The molecule has 2 aromatic heterocycles. The van der Waals surface area contributed by atoms with E-state index in [1.165, 1.54) is 18.1 Å². The van der Waals surface area contributed by atoms with Crippen LogP contribution in [-0.4, -0.2) is 26.2 Å². The van der Waals surface area contributed by atoms with Crippen LogP contribution < -0.4 is 0 Å². The Balaban J connectivity index is 2.74. The third-order valence-electron chi connectivity index (χ3n) is 1.72. The topological polar surface area (TPSA) is 51.6 Å². The fraction of sp³-hybridized carbons (Fsp3) is 0.250. The number of aryl methyl sites for hydroxylation is 1. The Kier molecular flexibility index (Phi) is 2.10. The van der Waals surface area contributed by atoms with Crippen LogP contribution in [0.15, 0.2) is 17.7 Å². The molecule has 0 unspecified atom stereocenters. The fourth-order valence-corrected chi connectivity index (χ4v) is 1.40. The van der Waals surface area contributed by atoms with Crippen LogP contribution in [0, 0.1) is 6.92 Å². The molecule has 0 fully saturated rings. The molecule has 0 aliphatic carbocycles. The second kappa shape index (κ2) is 3.26. The first kappa shape index (κ1) is 8.37. The second-order valence-corrected chi connectivity index (χ2v) is 3.32. The smallest absolute Gasteiger partial charge is 0.187 e. The standard InChI is InChI=1S/C8H8N4S/c1-5-7-6(11-4-10-5)3-9-8(12-7)13-2/h3-4H,1-2H3. The third kappa shape index (κ3) is 1.47. The number of thioether (sulfide) groups is 1. The van der Waals surface area contributed by atoms with Crippen LogP contribution in [0.5, 0.6) is 0 Å². The molecular weight excluding hydrogens is 184 g/mol. The maximum atomic E-state index is 4.32. The van der Waals surface area contributed by atoms with Gasteiger partial charge in [0.25, 0.3) is 0 Å². The van der Waals surface area contributed by atoms with Crippen molar-refractivity contribution >= 4 is 22.8 Å². The van der Waals surface area contributed by atoms with E-state index in [1.54, 1.807) is 6.20 Å². The largest absolute Gasteiger partial charge is 0.239 e. The van der Waals surface area contributed by atoms with Gasteiger partial charge < -0.3 is 0 Å². The van der Waals surface area contributed by atoms with Crippen LogP contribution in [-0.2, 0) is 0 Å². The number of nitrogens with zero attached hydrogens (tertiary/aromatic N) is 4. The summed E-state index contributed by atoms with van der Waals surface area (Å²) in [4.78, 5) is 16.6. The zero-order valence-corrected chi connectivity index (χ0v) is 8.17.